The molecule has 0 aliphatic carbocycles. The third-order valence-corrected chi connectivity index (χ3v) is 6.24. The van der Waals surface area contributed by atoms with E-state index >= 15 is 0 Å². The van der Waals surface area contributed by atoms with Gasteiger partial charge in [-0.3, -0.25) is 19.2 Å². The molecule has 0 saturated carbocycles. The second kappa shape index (κ2) is 13.9. The maximum absolute atomic E-state index is 13.0. The van der Waals surface area contributed by atoms with Crippen molar-refractivity contribution in [2.45, 2.75) is 64.7 Å². The van der Waals surface area contributed by atoms with Crippen molar-refractivity contribution in [1.82, 2.24) is 21.1 Å². The standard InChI is InChI=1S/C24H35N4O7P/c1-5-34-20(30)7-6-16(11-15-8-9-25-22(15)31)26-24(33)19(36)12-18(29)21(13(2)3)27-23(32)17-10-14(4)35-28-17/h6-7,10,13,15-16,19,21H,5,8-9,11-12,36H2,1-4H3,(H,25,31)(H,26,33)(H,27,32)/b7-6+/t15?,16-,19-,21+/m1/s1. The summed E-state index contributed by atoms with van der Waals surface area (Å²) in [6.45, 7) is 7.69. The summed E-state index contributed by atoms with van der Waals surface area (Å²) in [6.07, 6.45) is 3.51. The van der Waals surface area contributed by atoms with Crippen molar-refractivity contribution in [3.05, 3.63) is 29.7 Å². The van der Waals surface area contributed by atoms with Crippen molar-refractivity contribution < 1.29 is 33.2 Å². The minimum atomic E-state index is -0.827. The quantitative estimate of drug-likeness (QED) is 0.197. The van der Waals surface area contributed by atoms with Gasteiger partial charge >= 0.3 is 5.97 Å². The van der Waals surface area contributed by atoms with Crippen LogP contribution >= 0.6 is 9.24 Å². The Balaban J connectivity index is 2.02. The number of nitrogens with one attached hydrogen (secondary N) is 3. The highest BCUT2D eigenvalue weighted by molar-refractivity contribution is 7.19. The van der Waals surface area contributed by atoms with Crippen LogP contribution < -0.4 is 16.0 Å². The van der Waals surface area contributed by atoms with Crippen LogP contribution in [0.5, 0.6) is 0 Å². The van der Waals surface area contributed by atoms with E-state index in [1.807, 2.05) is 0 Å². The van der Waals surface area contributed by atoms with Crippen molar-refractivity contribution >= 4 is 38.7 Å². The number of ketones is 1. The Morgan fingerprint density at radius 3 is 2.58 bits per heavy atom. The molecule has 0 spiro atoms. The Hall–Kier alpha value is -3.07. The third kappa shape index (κ3) is 8.86. The van der Waals surface area contributed by atoms with E-state index < -0.39 is 35.5 Å². The predicted molar refractivity (Wildman–Crippen MR) is 134 cm³/mol. The first-order valence-corrected chi connectivity index (χ1v) is 12.6. The van der Waals surface area contributed by atoms with Crippen LogP contribution in [-0.4, -0.2) is 65.5 Å². The second-order valence-corrected chi connectivity index (χ2v) is 9.84. The highest BCUT2D eigenvalue weighted by Gasteiger charge is 2.31. The summed E-state index contributed by atoms with van der Waals surface area (Å²) in [5.74, 6) is -2.01. The molecule has 2 heterocycles. The van der Waals surface area contributed by atoms with Gasteiger partial charge in [-0.25, -0.2) is 4.79 Å². The smallest absolute Gasteiger partial charge is 0.330 e. The van der Waals surface area contributed by atoms with E-state index in [4.69, 9.17) is 9.26 Å². The molecular weight excluding hydrogens is 487 g/mol. The molecule has 11 nitrogen and oxygen atoms in total. The normalized spacial score (nSPS) is 17.9. The summed E-state index contributed by atoms with van der Waals surface area (Å²) in [4.78, 5) is 62.1. The fraction of sp³-hybridized carbons (Fsp3) is 0.583. The molecule has 2 rings (SSSR count). The zero-order chi connectivity index (χ0) is 26.8. The lowest BCUT2D eigenvalue weighted by Gasteiger charge is -2.23. The first kappa shape index (κ1) is 29.2. The zero-order valence-electron chi connectivity index (χ0n) is 21.0. The molecule has 3 amide bonds. The SMILES string of the molecule is CCOC(=O)/C=C/[C@H](CC1CCNC1=O)NC(=O)[C@H](P)CC(=O)[C@@H](NC(=O)c1cc(C)on1)C(C)C. The number of esters is 1. The Morgan fingerprint density at radius 2 is 2.03 bits per heavy atom. The van der Waals surface area contributed by atoms with Crippen LogP contribution in [0.25, 0.3) is 0 Å². The summed E-state index contributed by atoms with van der Waals surface area (Å²) in [5.41, 5.74) is -0.723. The van der Waals surface area contributed by atoms with Crippen molar-refractivity contribution in [3.63, 3.8) is 0 Å². The van der Waals surface area contributed by atoms with Crippen molar-refractivity contribution in [2.75, 3.05) is 13.2 Å². The van der Waals surface area contributed by atoms with E-state index in [0.717, 1.165) is 0 Å². The van der Waals surface area contributed by atoms with Gasteiger partial charge in [-0.1, -0.05) is 25.1 Å². The lowest BCUT2D eigenvalue weighted by atomic mass is 9.95. The maximum atomic E-state index is 13.0. The Bertz CT molecular complexity index is 991. The number of ether oxygens (including phenoxy) is 1. The highest BCUT2D eigenvalue weighted by Crippen LogP contribution is 2.18. The molecule has 12 heteroatoms. The van der Waals surface area contributed by atoms with Crippen LogP contribution in [0.2, 0.25) is 0 Å². The van der Waals surface area contributed by atoms with Gasteiger partial charge in [0, 0.05) is 37.1 Å². The molecule has 2 unspecified atom stereocenters. The van der Waals surface area contributed by atoms with E-state index in [0.29, 0.717) is 25.1 Å². The number of carbonyl (C=O) groups excluding carboxylic acids is 5. The maximum Gasteiger partial charge on any atom is 0.330 e. The van der Waals surface area contributed by atoms with Crippen LogP contribution in [0.1, 0.15) is 56.3 Å². The molecule has 5 atom stereocenters. The molecule has 36 heavy (non-hydrogen) atoms. The number of aromatic nitrogens is 1. The minimum absolute atomic E-state index is 0.0679. The first-order valence-electron chi connectivity index (χ1n) is 12.0. The van der Waals surface area contributed by atoms with E-state index in [1.54, 1.807) is 27.7 Å². The van der Waals surface area contributed by atoms with Crippen LogP contribution in [0.4, 0.5) is 0 Å². The van der Waals surface area contributed by atoms with E-state index in [9.17, 15) is 24.0 Å². The topological polar surface area (TPSA) is 157 Å². The second-order valence-electron chi connectivity index (χ2n) is 9.03. The van der Waals surface area contributed by atoms with Gasteiger partial charge in [-0.15, -0.1) is 9.24 Å². The number of carbonyl (C=O) groups is 5. The summed E-state index contributed by atoms with van der Waals surface area (Å²) in [7, 11) is 2.35. The van der Waals surface area contributed by atoms with Gasteiger partial charge in [0.1, 0.15) is 5.76 Å². The summed E-state index contributed by atoms with van der Waals surface area (Å²) < 4.78 is 9.80. The van der Waals surface area contributed by atoms with E-state index in [1.165, 1.54) is 18.2 Å². The van der Waals surface area contributed by atoms with Gasteiger partial charge in [0.25, 0.3) is 5.91 Å². The first-order chi connectivity index (χ1) is 17.0. The number of rotatable bonds is 13. The fourth-order valence-corrected chi connectivity index (χ4v) is 4.11. The molecular formula is C24H35N4O7P. The number of amides is 3. The average Bonchev–Trinajstić information content (AvgIpc) is 3.43. The van der Waals surface area contributed by atoms with E-state index in [2.05, 4.69) is 30.3 Å². The van der Waals surface area contributed by atoms with Gasteiger partial charge in [-0.05, 0) is 32.6 Å². The fourth-order valence-electron chi connectivity index (χ4n) is 3.78. The number of hydrogen-bond acceptors (Lipinski definition) is 8. The Labute approximate surface area is 212 Å². The molecule has 1 saturated heterocycles. The lowest BCUT2D eigenvalue weighted by Crippen LogP contribution is -2.47. The highest BCUT2D eigenvalue weighted by atomic mass is 31.0. The summed E-state index contributed by atoms with van der Waals surface area (Å²) in [5, 5.41) is 11.9. The van der Waals surface area contributed by atoms with E-state index in [-0.39, 0.29) is 42.2 Å². The average molecular weight is 523 g/mol. The van der Waals surface area contributed by atoms with Crippen LogP contribution in [-0.2, 0) is 23.9 Å². The molecule has 3 N–H and O–H groups in total. The third-order valence-electron chi connectivity index (χ3n) is 5.70. The Morgan fingerprint density at radius 1 is 1.31 bits per heavy atom. The molecule has 0 bridgehead atoms. The lowest BCUT2D eigenvalue weighted by molar-refractivity contribution is -0.137. The Kier molecular flexibility index (Phi) is 11.2. The van der Waals surface area contributed by atoms with Crippen LogP contribution in [0.15, 0.2) is 22.7 Å². The monoisotopic (exact) mass is 522 g/mol. The number of Topliss-reactive ketones (excluding diaryl/α,β-unsaturated/α-hetero) is 1. The van der Waals surface area contributed by atoms with Gasteiger partial charge in [0.05, 0.1) is 18.3 Å². The molecule has 1 aromatic heterocycles. The number of hydrogen-bond donors (Lipinski definition) is 3. The molecule has 1 aliphatic heterocycles. The van der Waals surface area contributed by atoms with Crippen molar-refractivity contribution in [2.24, 2.45) is 11.8 Å². The molecule has 1 aromatic rings. The van der Waals surface area contributed by atoms with Crippen molar-refractivity contribution in [3.8, 4) is 0 Å². The van der Waals surface area contributed by atoms with Crippen molar-refractivity contribution in [1.29, 1.82) is 0 Å². The van der Waals surface area contributed by atoms with Gasteiger partial charge in [0.2, 0.25) is 11.8 Å². The summed E-state index contributed by atoms with van der Waals surface area (Å²) in [6, 6.07) is 0.0366. The summed E-state index contributed by atoms with van der Waals surface area (Å²) >= 11 is 0. The van der Waals surface area contributed by atoms with Gasteiger partial charge < -0.3 is 25.2 Å². The zero-order valence-corrected chi connectivity index (χ0v) is 22.2. The van der Waals surface area contributed by atoms with Gasteiger partial charge in [-0.2, -0.15) is 0 Å². The van der Waals surface area contributed by atoms with Gasteiger partial charge in [0.15, 0.2) is 11.5 Å². The largest absolute Gasteiger partial charge is 0.463 e. The number of nitrogens with zero attached hydrogens (tertiary/aromatic N) is 1. The molecule has 0 radical (unpaired) electrons. The predicted octanol–water partition coefficient (Wildman–Crippen LogP) is 1.07. The number of aryl methyl sites for hydroxylation is 1. The minimum Gasteiger partial charge on any atom is -0.463 e. The molecule has 1 fully saturated rings. The molecule has 198 valence electrons. The van der Waals surface area contributed by atoms with Crippen LogP contribution in [0, 0.1) is 18.8 Å². The van der Waals surface area contributed by atoms with Crippen LogP contribution in [0.3, 0.4) is 0 Å². The molecule has 0 aromatic carbocycles. The molecule has 1 aliphatic rings.